The number of benzene rings is 1. The molecule has 2 fully saturated rings. The van der Waals surface area contributed by atoms with Gasteiger partial charge >= 0.3 is 5.97 Å². The summed E-state index contributed by atoms with van der Waals surface area (Å²) in [5, 5.41) is 0. The SMILES string of the molecule is C=CC(=O)Oc1ccc(C2CCC(C3CCC(CCCCC)CC3)CC2)cc1. The van der Waals surface area contributed by atoms with Crippen LogP contribution in [0, 0.1) is 17.8 Å². The van der Waals surface area contributed by atoms with Gasteiger partial charge < -0.3 is 4.74 Å². The first kappa shape index (κ1) is 21.1. The Bertz CT molecular complexity index is 602. The van der Waals surface area contributed by atoms with Gasteiger partial charge in [0.25, 0.3) is 0 Å². The van der Waals surface area contributed by atoms with Crippen LogP contribution in [0.2, 0.25) is 0 Å². The van der Waals surface area contributed by atoms with Crippen molar-refractivity contribution in [2.75, 3.05) is 0 Å². The number of carbonyl (C=O) groups excluding carboxylic acids is 1. The summed E-state index contributed by atoms with van der Waals surface area (Å²) in [5.41, 5.74) is 1.40. The maximum Gasteiger partial charge on any atom is 0.335 e. The second-order valence-electron chi connectivity index (χ2n) is 9.08. The Morgan fingerprint density at radius 2 is 1.57 bits per heavy atom. The molecule has 0 saturated heterocycles. The van der Waals surface area contributed by atoms with E-state index in [-0.39, 0.29) is 0 Å². The van der Waals surface area contributed by atoms with Crippen molar-refractivity contribution >= 4 is 5.97 Å². The summed E-state index contributed by atoms with van der Waals surface area (Å²) >= 11 is 0. The molecule has 3 rings (SSSR count). The van der Waals surface area contributed by atoms with Crippen LogP contribution in [0.15, 0.2) is 36.9 Å². The van der Waals surface area contributed by atoms with Gasteiger partial charge in [-0.2, -0.15) is 0 Å². The lowest BCUT2D eigenvalue weighted by molar-refractivity contribution is -0.128. The maximum absolute atomic E-state index is 11.3. The summed E-state index contributed by atoms with van der Waals surface area (Å²) in [6.45, 7) is 5.74. The third-order valence-electron chi connectivity index (χ3n) is 7.28. The lowest BCUT2D eigenvalue weighted by atomic mass is 9.68. The standard InChI is InChI=1S/C26H38O2/c1-3-5-6-7-20-8-10-21(11-9-20)22-12-14-23(15-13-22)24-16-18-25(19-17-24)28-26(27)4-2/h4,16-23H,2-3,5-15H2,1H3. The molecule has 2 aliphatic carbocycles. The average molecular weight is 383 g/mol. The van der Waals surface area contributed by atoms with Gasteiger partial charge in [-0.05, 0) is 79.9 Å². The molecule has 1 aromatic carbocycles. The number of esters is 1. The van der Waals surface area contributed by atoms with Gasteiger partial charge in [-0.3, -0.25) is 0 Å². The van der Waals surface area contributed by atoms with E-state index in [1.165, 1.54) is 88.7 Å². The molecule has 2 aliphatic rings. The second kappa shape index (κ2) is 10.8. The van der Waals surface area contributed by atoms with Crippen molar-refractivity contribution < 1.29 is 9.53 Å². The van der Waals surface area contributed by atoms with E-state index in [1.54, 1.807) is 0 Å². The minimum Gasteiger partial charge on any atom is -0.423 e. The van der Waals surface area contributed by atoms with E-state index in [4.69, 9.17) is 4.74 Å². The fraction of sp³-hybridized carbons (Fsp3) is 0.654. The number of unbranched alkanes of at least 4 members (excludes halogenated alkanes) is 2. The van der Waals surface area contributed by atoms with Crippen LogP contribution in [0.25, 0.3) is 0 Å². The van der Waals surface area contributed by atoms with Crippen molar-refractivity contribution in [1.29, 1.82) is 0 Å². The minimum atomic E-state index is -0.395. The van der Waals surface area contributed by atoms with E-state index in [9.17, 15) is 4.79 Å². The van der Waals surface area contributed by atoms with Gasteiger partial charge in [-0.25, -0.2) is 4.79 Å². The quantitative estimate of drug-likeness (QED) is 0.202. The Labute approximate surface area is 171 Å². The fourth-order valence-corrected chi connectivity index (χ4v) is 5.52. The van der Waals surface area contributed by atoms with E-state index >= 15 is 0 Å². The summed E-state index contributed by atoms with van der Waals surface area (Å²) in [6, 6.07) is 8.11. The third kappa shape index (κ3) is 5.96. The molecule has 0 spiro atoms. The molecule has 0 N–H and O–H groups in total. The summed E-state index contributed by atoms with van der Waals surface area (Å²) < 4.78 is 5.18. The first-order valence-corrected chi connectivity index (χ1v) is 11.6. The summed E-state index contributed by atoms with van der Waals surface area (Å²) in [5.74, 6) is 3.86. The van der Waals surface area contributed by atoms with Crippen LogP contribution in [-0.2, 0) is 4.79 Å². The Morgan fingerprint density at radius 3 is 2.14 bits per heavy atom. The maximum atomic E-state index is 11.3. The van der Waals surface area contributed by atoms with Gasteiger partial charge in [0.15, 0.2) is 0 Å². The van der Waals surface area contributed by atoms with Crippen LogP contribution in [0.5, 0.6) is 5.75 Å². The highest BCUT2D eigenvalue weighted by atomic mass is 16.5. The van der Waals surface area contributed by atoms with Crippen molar-refractivity contribution in [1.82, 2.24) is 0 Å². The first-order chi connectivity index (χ1) is 13.7. The number of carbonyl (C=O) groups is 1. The Balaban J connectivity index is 1.41. The van der Waals surface area contributed by atoms with Crippen molar-refractivity contribution in [2.24, 2.45) is 17.8 Å². The molecule has 0 bridgehead atoms. The van der Waals surface area contributed by atoms with E-state index in [0.29, 0.717) is 11.7 Å². The van der Waals surface area contributed by atoms with Gasteiger partial charge in [0.1, 0.15) is 5.75 Å². The van der Waals surface area contributed by atoms with E-state index in [0.717, 1.165) is 17.8 Å². The van der Waals surface area contributed by atoms with Gasteiger partial charge in [-0.1, -0.05) is 64.2 Å². The number of hydrogen-bond acceptors (Lipinski definition) is 2. The fourth-order valence-electron chi connectivity index (χ4n) is 5.52. The van der Waals surface area contributed by atoms with Gasteiger partial charge in [0.05, 0.1) is 0 Å². The summed E-state index contributed by atoms with van der Waals surface area (Å²) in [7, 11) is 0. The largest absolute Gasteiger partial charge is 0.423 e. The molecule has 0 amide bonds. The molecule has 0 heterocycles. The molecule has 0 atom stereocenters. The third-order valence-corrected chi connectivity index (χ3v) is 7.28. The van der Waals surface area contributed by atoms with E-state index in [2.05, 4.69) is 25.6 Å². The highest BCUT2D eigenvalue weighted by Crippen LogP contribution is 2.44. The van der Waals surface area contributed by atoms with Crippen LogP contribution in [-0.4, -0.2) is 5.97 Å². The Hall–Kier alpha value is -1.57. The molecule has 2 saturated carbocycles. The summed E-state index contributed by atoms with van der Waals surface area (Å²) in [6.07, 6.45) is 18.2. The molecule has 154 valence electrons. The van der Waals surface area contributed by atoms with E-state index < -0.39 is 5.97 Å². The average Bonchev–Trinajstić information content (AvgIpc) is 2.75. The molecule has 0 aromatic heterocycles. The van der Waals surface area contributed by atoms with Crippen molar-refractivity contribution in [3.63, 3.8) is 0 Å². The monoisotopic (exact) mass is 382 g/mol. The molecule has 1 aromatic rings. The smallest absolute Gasteiger partial charge is 0.335 e. The van der Waals surface area contributed by atoms with E-state index in [1.807, 2.05) is 12.1 Å². The lowest BCUT2D eigenvalue weighted by Gasteiger charge is -2.38. The predicted octanol–water partition coefficient (Wildman–Crippen LogP) is 7.44. The van der Waals surface area contributed by atoms with Crippen LogP contribution in [0.3, 0.4) is 0 Å². The summed E-state index contributed by atoms with van der Waals surface area (Å²) in [4.78, 5) is 11.3. The molecule has 28 heavy (non-hydrogen) atoms. The van der Waals surface area contributed by atoms with Gasteiger partial charge in [0, 0.05) is 6.08 Å². The Kier molecular flexibility index (Phi) is 8.18. The number of hydrogen-bond donors (Lipinski definition) is 0. The highest BCUT2D eigenvalue weighted by molar-refractivity contribution is 5.83. The van der Waals surface area contributed by atoms with Crippen molar-refractivity contribution in [2.45, 2.75) is 89.9 Å². The van der Waals surface area contributed by atoms with Crippen molar-refractivity contribution in [3.05, 3.63) is 42.5 Å². The molecule has 2 nitrogen and oxygen atoms in total. The first-order valence-electron chi connectivity index (χ1n) is 11.6. The zero-order chi connectivity index (χ0) is 19.8. The van der Waals surface area contributed by atoms with Crippen LogP contribution in [0.1, 0.15) is 95.5 Å². The minimum absolute atomic E-state index is 0.395. The van der Waals surface area contributed by atoms with Crippen molar-refractivity contribution in [3.8, 4) is 5.75 Å². The molecular weight excluding hydrogens is 344 g/mol. The topological polar surface area (TPSA) is 26.3 Å². The highest BCUT2D eigenvalue weighted by Gasteiger charge is 2.31. The van der Waals surface area contributed by atoms with Gasteiger partial charge in [0.2, 0.25) is 0 Å². The molecule has 2 heteroatoms. The predicted molar refractivity (Wildman–Crippen MR) is 117 cm³/mol. The van der Waals surface area contributed by atoms with Crippen LogP contribution >= 0.6 is 0 Å². The zero-order valence-corrected chi connectivity index (χ0v) is 17.7. The number of ether oxygens (including phenoxy) is 1. The normalized spacial score (nSPS) is 27.9. The number of rotatable bonds is 8. The molecule has 0 radical (unpaired) electrons. The van der Waals surface area contributed by atoms with Gasteiger partial charge in [-0.15, -0.1) is 0 Å². The lowest BCUT2D eigenvalue weighted by Crippen LogP contribution is -2.25. The molecule has 0 aliphatic heterocycles. The second-order valence-corrected chi connectivity index (χ2v) is 9.08. The zero-order valence-electron chi connectivity index (χ0n) is 17.7. The Morgan fingerprint density at radius 1 is 0.964 bits per heavy atom. The molecular formula is C26H38O2. The van der Waals surface area contributed by atoms with Crippen LogP contribution < -0.4 is 4.74 Å². The molecule has 0 unspecified atom stereocenters. The van der Waals surface area contributed by atoms with Crippen LogP contribution in [0.4, 0.5) is 0 Å².